The van der Waals surface area contributed by atoms with Gasteiger partial charge in [0, 0.05) is 6.42 Å². The first-order valence-corrected chi connectivity index (χ1v) is 7.95. The molecule has 4 amide bonds. The van der Waals surface area contributed by atoms with Gasteiger partial charge in [0.25, 0.3) is 0 Å². The van der Waals surface area contributed by atoms with Crippen LogP contribution in [0, 0.1) is 0 Å². The largest absolute Gasteiger partial charge is 0.481 e. The average molecular weight is 405 g/mol. The van der Waals surface area contributed by atoms with Crippen molar-refractivity contribution in [3.8, 4) is 0 Å². The fourth-order valence-electron chi connectivity index (χ4n) is 1.92. The maximum atomic E-state index is 12.3. The molecular formula is C14H23N5O9. The van der Waals surface area contributed by atoms with Gasteiger partial charge in [-0.05, 0) is 6.42 Å². The predicted octanol–water partition coefficient (Wildman–Crippen LogP) is -4.78. The number of carbonyl (C=O) groups is 6. The molecule has 0 rings (SSSR count). The molecule has 10 N–H and O–H groups in total. The first-order valence-electron chi connectivity index (χ1n) is 7.95. The number of primary amides is 1. The number of aliphatic hydroxyl groups is 1. The van der Waals surface area contributed by atoms with Crippen LogP contribution < -0.4 is 27.4 Å². The topological polar surface area (TPSA) is 251 Å². The molecule has 0 radical (unpaired) electrons. The Bertz CT molecular complexity index is 624. The van der Waals surface area contributed by atoms with Crippen LogP contribution in [0.5, 0.6) is 0 Å². The van der Waals surface area contributed by atoms with Crippen molar-refractivity contribution in [2.75, 3.05) is 13.2 Å². The molecule has 0 aliphatic heterocycles. The van der Waals surface area contributed by atoms with E-state index in [4.69, 9.17) is 26.8 Å². The molecular weight excluding hydrogens is 382 g/mol. The summed E-state index contributed by atoms with van der Waals surface area (Å²) in [5, 5.41) is 32.8. The van der Waals surface area contributed by atoms with Crippen LogP contribution in [0.4, 0.5) is 0 Å². The summed E-state index contributed by atoms with van der Waals surface area (Å²) in [6, 6.07) is -4.74. The number of carboxylic acid groups (broad SMARTS) is 2. The molecule has 0 bridgehead atoms. The highest BCUT2D eigenvalue weighted by molar-refractivity contribution is 5.95. The summed E-state index contributed by atoms with van der Waals surface area (Å²) < 4.78 is 0. The second kappa shape index (κ2) is 12.2. The van der Waals surface area contributed by atoms with Crippen LogP contribution in [0.2, 0.25) is 0 Å². The number of hydrogen-bond donors (Lipinski definition) is 8. The van der Waals surface area contributed by atoms with E-state index in [1.165, 1.54) is 0 Å². The summed E-state index contributed by atoms with van der Waals surface area (Å²) in [4.78, 5) is 68.6. The van der Waals surface area contributed by atoms with Gasteiger partial charge in [0.05, 0.1) is 19.6 Å². The van der Waals surface area contributed by atoms with E-state index >= 15 is 0 Å². The Morgan fingerprint density at radius 1 is 0.857 bits per heavy atom. The molecule has 0 saturated carbocycles. The van der Waals surface area contributed by atoms with E-state index in [-0.39, 0.29) is 12.8 Å². The van der Waals surface area contributed by atoms with Crippen molar-refractivity contribution in [3.05, 3.63) is 0 Å². The molecule has 14 heteroatoms. The lowest BCUT2D eigenvalue weighted by Gasteiger charge is -2.23. The van der Waals surface area contributed by atoms with Gasteiger partial charge in [-0.3, -0.25) is 24.0 Å². The third-order valence-electron chi connectivity index (χ3n) is 3.33. The Hall–Kier alpha value is -3.26. The SMILES string of the molecule is NCC(=O)NC(CC(=O)O)C(=O)NC(CCC(N)=O)C(=O)NC(CO)C(=O)O. The standard InChI is InChI=1S/C14H23N5O9/c15-4-10(22)17-7(3-11(23)24)13(26)18-6(1-2-9(16)21)12(25)19-8(5-20)14(27)28/h6-8,20H,1-5,15H2,(H2,16,21)(H,17,22)(H,18,26)(H,19,25)(H,23,24)(H,27,28). The van der Waals surface area contributed by atoms with E-state index in [0.717, 1.165) is 0 Å². The smallest absolute Gasteiger partial charge is 0.328 e. The minimum atomic E-state index is -1.67. The summed E-state index contributed by atoms with van der Waals surface area (Å²) in [5.74, 6) is -6.76. The highest BCUT2D eigenvalue weighted by Crippen LogP contribution is 2.02. The zero-order chi connectivity index (χ0) is 21.9. The van der Waals surface area contributed by atoms with Crippen LogP contribution in [0.25, 0.3) is 0 Å². The Labute approximate surface area is 158 Å². The molecule has 14 nitrogen and oxygen atoms in total. The molecule has 3 atom stereocenters. The van der Waals surface area contributed by atoms with Gasteiger partial charge in [-0.25, -0.2) is 4.79 Å². The number of nitrogens with one attached hydrogen (secondary N) is 3. The van der Waals surface area contributed by atoms with Crippen LogP contribution in [0.1, 0.15) is 19.3 Å². The zero-order valence-corrected chi connectivity index (χ0v) is 14.7. The number of amides is 4. The number of nitrogens with two attached hydrogens (primary N) is 2. The van der Waals surface area contributed by atoms with E-state index in [9.17, 15) is 28.8 Å². The van der Waals surface area contributed by atoms with Crippen LogP contribution in [0.15, 0.2) is 0 Å². The van der Waals surface area contributed by atoms with Gasteiger partial charge >= 0.3 is 11.9 Å². The summed E-state index contributed by atoms with van der Waals surface area (Å²) in [7, 11) is 0. The molecule has 3 unspecified atom stereocenters. The van der Waals surface area contributed by atoms with Crippen LogP contribution in [-0.4, -0.2) is 82.2 Å². The number of carbonyl (C=O) groups excluding carboxylic acids is 4. The van der Waals surface area contributed by atoms with Gasteiger partial charge < -0.3 is 42.7 Å². The minimum absolute atomic E-state index is 0.338. The fraction of sp³-hybridized carbons (Fsp3) is 0.571. The number of rotatable bonds is 13. The van der Waals surface area contributed by atoms with Crippen molar-refractivity contribution in [1.29, 1.82) is 0 Å². The Kier molecular flexibility index (Phi) is 10.8. The molecule has 0 spiro atoms. The molecule has 0 aliphatic carbocycles. The molecule has 0 heterocycles. The van der Waals surface area contributed by atoms with Crippen LogP contribution in [0.3, 0.4) is 0 Å². The first kappa shape index (κ1) is 24.7. The lowest BCUT2D eigenvalue weighted by Crippen LogP contribution is -2.57. The third-order valence-corrected chi connectivity index (χ3v) is 3.33. The summed E-state index contributed by atoms with van der Waals surface area (Å²) in [5.41, 5.74) is 10.1. The van der Waals surface area contributed by atoms with Crippen molar-refractivity contribution in [1.82, 2.24) is 16.0 Å². The van der Waals surface area contributed by atoms with Gasteiger partial charge in [-0.1, -0.05) is 0 Å². The molecule has 0 aromatic heterocycles. The molecule has 0 aliphatic rings. The second-order valence-corrected chi connectivity index (χ2v) is 5.57. The van der Waals surface area contributed by atoms with E-state index in [0.29, 0.717) is 0 Å². The highest BCUT2D eigenvalue weighted by Gasteiger charge is 2.30. The van der Waals surface area contributed by atoms with Crippen molar-refractivity contribution in [2.45, 2.75) is 37.4 Å². The van der Waals surface area contributed by atoms with Gasteiger partial charge in [0.1, 0.15) is 18.1 Å². The van der Waals surface area contributed by atoms with E-state index in [2.05, 4.69) is 10.6 Å². The normalized spacial score (nSPS) is 13.5. The van der Waals surface area contributed by atoms with Crippen molar-refractivity contribution >= 4 is 35.6 Å². The molecule has 0 aromatic rings. The summed E-state index contributed by atoms with van der Waals surface area (Å²) in [6.07, 6.45) is -1.53. The Balaban J connectivity index is 5.35. The molecule has 158 valence electrons. The maximum absolute atomic E-state index is 12.3. The third kappa shape index (κ3) is 9.44. The maximum Gasteiger partial charge on any atom is 0.328 e. The van der Waals surface area contributed by atoms with Crippen molar-refractivity contribution in [3.63, 3.8) is 0 Å². The number of hydrogen-bond acceptors (Lipinski definition) is 8. The van der Waals surface area contributed by atoms with E-state index in [1.54, 1.807) is 0 Å². The van der Waals surface area contributed by atoms with E-state index in [1.807, 2.05) is 5.32 Å². The second-order valence-electron chi connectivity index (χ2n) is 5.57. The first-order chi connectivity index (χ1) is 13.0. The minimum Gasteiger partial charge on any atom is -0.481 e. The van der Waals surface area contributed by atoms with Crippen molar-refractivity contribution < 1.29 is 44.1 Å². The highest BCUT2D eigenvalue weighted by atomic mass is 16.4. The molecule has 28 heavy (non-hydrogen) atoms. The lowest BCUT2D eigenvalue weighted by molar-refractivity contribution is -0.144. The zero-order valence-electron chi connectivity index (χ0n) is 14.7. The van der Waals surface area contributed by atoms with Gasteiger partial charge in [0.15, 0.2) is 0 Å². The number of carboxylic acids is 2. The molecule has 0 saturated heterocycles. The number of aliphatic hydroxyl groups excluding tert-OH is 1. The summed E-state index contributed by atoms with van der Waals surface area (Å²) in [6.45, 7) is -1.46. The molecule has 0 aromatic carbocycles. The van der Waals surface area contributed by atoms with Crippen LogP contribution in [-0.2, 0) is 28.8 Å². The predicted molar refractivity (Wildman–Crippen MR) is 90.2 cm³/mol. The van der Waals surface area contributed by atoms with E-state index < -0.39 is 73.3 Å². The fourth-order valence-corrected chi connectivity index (χ4v) is 1.92. The Morgan fingerprint density at radius 2 is 1.39 bits per heavy atom. The van der Waals surface area contributed by atoms with Gasteiger partial charge in [0.2, 0.25) is 23.6 Å². The van der Waals surface area contributed by atoms with Gasteiger partial charge in [-0.2, -0.15) is 0 Å². The summed E-state index contributed by atoms with van der Waals surface area (Å²) >= 11 is 0. The number of aliphatic carboxylic acids is 2. The average Bonchev–Trinajstić information content (AvgIpc) is 2.60. The van der Waals surface area contributed by atoms with Crippen LogP contribution >= 0.6 is 0 Å². The lowest BCUT2D eigenvalue weighted by atomic mass is 10.1. The monoisotopic (exact) mass is 405 g/mol. The molecule has 0 fully saturated rings. The Morgan fingerprint density at radius 3 is 1.82 bits per heavy atom. The van der Waals surface area contributed by atoms with Crippen molar-refractivity contribution in [2.24, 2.45) is 11.5 Å². The quantitative estimate of drug-likeness (QED) is 0.145. The van der Waals surface area contributed by atoms with Gasteiger partial charge in [-0.15, -0.1) is 0 Å².